The van der Waals surface area contributed by atoms with Crippen LogP contribution in [0.3, 0.4) is 0 Å². The van der Waals surface area contributed by atoms with E-state index in [1.807, 2.05) is 0 Å². The van der Waals surface area contributed by atoms with Crippen LogP contribution >= 0.6 is 0 Å². The first kappa shape index (κ1) is 13.5. The SMILES string of the molecule is Cc1cccc([N+](=O)[O-])c1NC(=O)Nc1ccccn1. The predicted molar refractivity (Wildman–Crippen MR) is 74.7 cm³/mol. The Balaban J connectivity index is 2.18. The van der Waals surface area contributed by atoms with Gasteiger partial charge in [0.15, 0.2) is 0 Å². The maximum Gasteiger partial charge on any atom is 0.325 e. The molecule has 1 heterocycles. The number of carbonyl (C=O) groups excluding carboxylic acids is 1. The lowest BCUT2D eigenvalue weighted by molar-refractivity contribution is -0.383. The van der Waals surface area contributed by atoms with Crippen molar-refractivity contribution >= 4 is 23.2 Å². The smallest absolute Gasteiger partial charge is 0.301 e. The number of carbonyl (C=O) groups is 1. The number of rotatable bonds is 3. The second kappa shape index (κ2) is 5.79. The fourth-order valence-electron chi connectivity index (χ4n) is 1.66. The largest absolute Gasteiger partial charge is 0.325 e. The molecule has 1 aromatic carbocycles. The van der Waals surface area contributed by atoms with Crippen molar-refractivity contribution in [2.45, 2.75) is 6.92 Å². The van der Waals surface area contributed by atoms with Crippen LogP contribution in [0.25, 0.3) is 0 Å². The third-order valence-electron chi connectivity index (χ3n) is 2.59. The molecule has 7 nitrogen and oxygen atoms in total. The molecule has 0 aliphatic carbocycles. The van der Waals surface area contributed by atoms with Gasteiger partial charge in [-0.2, -0.15) is 0 Å². The van der Waals surface area contributed by atoms with Gasteiger partial charge in [0, 0.05) is 12.3 Å². The molecule has 20 heavy (non-hydrogen) atoms. The molecule has 0 bridgehead atoms. The number of aromatic nitrogens is 1. The summed E-state index contributed by atoms with van der Waals surface area (Å²) < 4.78 is 0. The van der Waals surface area contributed by atoms with Gasteiger partial charge in [-0.3, -0.25) is 15.4 Å². The van der Waals surface area contributed by atoms with E-state index in [2.05, 4.69) is 15.6 Å². The highest BCUT2D eigenvalue weighted by atomic mass is 16.6. The molecule has 0 saturated heterocycles. The second-order valence-corrected chi connectivity index (χ2v) is 4.02. The van der Waals surface area contributed by atoms with Crippen LogP contribution < -0.4 is 10.6 Å². The molecule has 2 rings (SSSR count). The standard InChI is InChI=1S/C13H12N4O3/c1-9-5-4-6-10(17(19)20)12(9)16-13(18)15-11-7-2-3-8-14-11/h2-8H,1H3,(H2,14,15,16,18). The van der Waals surface area contributed by atoms with E-state index in [1.165, 1.54) is 12.3 Å². The number of anilines is 2. The second-order valence-electron chi connectivity index (χ2n) is 4.02. The molecule has 2 aromatic rings. The Bertz CT molecular complexity index is 643. The molecule has 0 saturated carbocycles. The average molecular weight is 272 g/mol. The van der Waals surface area contributed by atoms with E-state index in [-0.39, 0.29) is 11.4 Å². The molecule has 2 N–H and O–H groups in total. The van der Waals surface area contributed by atoms with Crippen molar-refractivity contribution in [2.75, 3.05) is 10.6 Å². The number of hydrogen-bond donors (Lipinski definition) is 2. The van der Waals surface area contributed by atoms with Crippen molar-refractivity contribution in [2.24, 2.45) is 0 Å². The number of aryl methyl sites for hydroxylation is 1. The van der Waals surface area contributed by atoms with Gasteiger partial charge in [0.25, 0.3) is 5.69 Å². The zero-order chi connectivity index (χ0) is 14.5. The number of pyridine rings is 1. The summed E-state index contributed by atoms with van der Waals surface area (Å²) in [5, 5.41) is 15.9. The maximum absolute atomic E-state index is 11.8. The molecule has 0 fully saturated rings. The lowest BCUT2D eigenvalue weighted by Gasteiger charge is -2.09. The van der Waals surface area contributed by atoms with Gasteiger partial charge >= 0.3 is 6.03 Å². The zero-order valence-electron chi connectivity index (χ0n) is 10.7. The number of nitro benzene ring substituents is 1. The highest BCUT2D eigenvalue weighted by Crippen LogP contribution is 2.27. The fraction of sp³-hybridized carbons (Fsp3) is 0.0769. The van der Waals surface area contributed by atoms with Crippen molar-refractivity contribution in [3.63, 3.8) is 0 Å². The fourth-order valence-corrected chi connectivity index (χ4v) is 1.66. The summed E-state index contributed by atoms with van der Waals surface area (Å²) in [4.78, 5) is 26.2. The van der Waals surface area contributed by atoms with E-state index in [1.54, 1.807) is 37.3 Å². The molecule has 0 unspecified atom stereocenters. The molecule has 0 aliphatic heterocycles. The lowest BCUT2D eigenvalue weighted by atomic mass is 10.1. The van der Waals surface area contributed by atoms with E-state index in [9.17, 15) is 14.9 Å². The van der Waals surface area contributed by atoms with Gasteiger partial charge in [-0.1, -0.05) is 18.2 Å². The van der Waals surface area contributed by atoms with Crippen LogP contribution in [0.5, 0.6) is 0 Å². The van der Waals surface area contributed by atoms with Crippen LogP contribution in [-0.4, -0.2) is 15.9 Å². The molecule has 2 amide bonds. The van der Waals surface area contributed by atoms with Gasteiger partial charge in [-0.05, 0) is 24.6 Å². The number of nitro groups is 1. The Morgan fingerprint density at radius 3 is 2.65 bits per heavy atom. The summed E-state index contributed by atoms with van der Waals surface area (Å²) in [7, 11) is 0. The van der Waals surface area contributed by atoms with Gasteiger partial charge in [0.1, 0.15) is 11.5 Å². The minimum Gasteiger partial charge on any atom is -0.301 e. The molecule has 102 valence electrons. The van der Waals surface area contributed by atoms with Gasteiger partial charge in [-0.15, -0.1) is 0 Å². The molecule has 0 aliphatic rings. The number of nitrogens with one attached hydrogen (secondary N) is 2. The number of urea groups is 1. The highest BCUT2D eigenvalue weighted by molar-refractivity contribution is 6.01. The number of amides is 2. The minimum atomic E-state index is -0.582. The van der Waals surface area contributed by atoms with Gasteiger partial charge in [0.05, 0.1) is 4.92 Å². The van der Waals surface area contributed by atoms with E-state index >= 15 is 0 Å². The van der Waals surface area contributed by atoms with Crippen molar-refractivity contribution in [1.29, 1.82) is 0 Å². The normalized spacial score (nSPS) is 9.85. The Kier molecular flexibility index (Phi) is 3.90. The first-order chi connectivity index (χ1) is 9.58. The van der Waals surface area contributed by atoms with Crippen LogP contribution in [0.15, 0.2) is 42.6 Å². The van der Waals surface area contributed by atoms with Crippen LogP contribution in [-0.2, 0) is 0 Å². The highest BCUT2D eigenvalue weighted by Gasteiger charge is 2.17. The van der Waals surface area contributed by atoms with Crippen molar-refractivity contribution in [3.05, 3.63) is 58.3 Å². The van der Waals surface area contributed by atoms with Crippen LogP contribution in [0.4, 0.5) is 22.0 Å². The molecular formula is C13H12N4O3. The molecular weight excluding hydrogens is 260 g/mol. The molecule has 0 atom stereocenters. The average Bonchev–Trinajstić information content (AvgIpc) is 2.42. The van der Waals surface area contributed by atoms with E-state index in [0.717, 1.165) is 0 Å². The third kappa shape index (κ3) is 3.08. The minimum absolute atomic E-state index is 0.152. The summed E-state index contributed by atoms with van der Waals surface area (Å²) in [6.07, 6.45) is 1.53. The lowest BCUT2D eigenvalue weighted by Crippen LogP contribution is -2.21. The first-order valence-corrected chi connectivity index (χ1v) is 5.81. The summed E-state index contributed by atoms with van der Waals surface area (Å²) in [5.74, 6) is 0.362. The number of para-hydroxylation sites is 1. The molecule has 0 radical (unpaired) electrons. The van der Waals surface area contributed by atoms with Crippen molar-refractivity contribution in [1.82, 2.24) is 4.98 Å². The van der Waals surface area contributed by atoms with E-state index in [0.29, 0.717) is 11.4 Å². The van der Waals surface area contributed by atoms with E-state index < -0.39 is 11.0 Å². The summed E-state index contributed by atoms with van der Waals surface area (Å²) in [5.41, 5.74) is 0.627. The zero-order valence-corrected chi connectivity index (χ0v) is 10.7. The van der Waals surface area contributed by atoms with Crippen molar-refractivity contribution in [3.8, 4) is 0 Å². The Hall–Kier alpha value is -2.96. The van der Waals surface area contributed by atoms with Crippen molar-refractivity contribution < 1.29 is 9.72 Å². The van der Waals surface area contributed by atoms with Gasteiger partial charge < -0.3 is 5.32 Å². The summed E-state index contributed by atoms with van der Waals surface area (Å²) in [6.45, 7) is 1.68. The van der Waals surface area contributed by atoms with Gasteiger partial charge in [-0.25, -0.2) is 9.78 Å². The predicted octanol–water partition coefficient (Wildman–Crippen LogP) is 2.94. The van der Waals surface area contributed by atoms with Crippen LogP contribution in [0.1, 0.15) is 5.56 Å². The summed E-state index contributed by atoms with van der Waals surface area (Å²) in [6, 6.07) is 9.06. The van der Waals surface area contributed by atoms with E-state index in [4.69, 9.17) is 0 Å². The number of hydrogen-bond acceptors (Lipinski definition) is 4. The summed E-state index contributed by atoms with van der Waals surface area (Å²) >= 11 is 0. The quantitative estimate of drug-likeness (QED) is 0.663. The molecule has 7 heteroatoms. The van der Waals surface area contributed by atoms with Gasteiger partial charge in [0.2, 0.25) is 0 Å². The van der Waals surface area contributed by atoms with Crippen LogP contribution in [0.2, 0.25) is 0 Å². The molecule has 1 aromatic heterocycles. The first-order valence-electron chi connectivity index (χ1n) is 5.81. The Labute approximate surface area is 114 Å². The monoisotopic (exact) mass is 272 g/mol. The Morgan fingerprint density at radius 1 is 1.20 bits per heavy atom. The van der Waals surface area contributed by atoms with Crippen LogP contribution in [0, 0.1) is 17.0 Å². The maximum atomic E-state index is 11.8. The Morgan fingerprint density at radius 2 is 2.00 bits per heavy atom. The topological polar surface area (TPSA) is 97.2 Å². The molecule has 0 spiro atoms. The number of benzene rings is 1. The number of nitrogens with zero attached hydrogens (tertiary/aromatic N) is 2. The third-order valence-corrected chi connectivity index (χ3v) is 2.59.